The molecule has 1 aliphatic rings. The minimum absolute atomic E-state index is 0.117. The Morgan fingerprint density at radius 1 is 1.02 bits per heavy atom. The maximum Gasteiger partial charge on any atom is 0.434 e. The van der Waals surface area contributed by atoms with Gasteiger partial charge in [-0.2, -0.15) is 18.3 Å². The number of nitrogens with two attached hydrogens (primary N) is 1. The second-order valence-electron chi connectivity index (χ2n) is 9.50. The molecule has 0 bridgehead atoms. The summed E-state index contributed by atoms with van der Waals surface area (Å²) in [5.74, 6) is 2.49. The number of pyridine rings is 2. The molecule has 8 nitrogen and oxygen atoms in total. The molecule has 1 saturated carbocycles. The van der Waals surface area contributed by atoms with E-state index in [4.69, 9.17) is 10.5 Å². The minimum atomic E-state index is -5.10. The number of nitrogens with one attached hydrogen (secondary N) is 1. The van der Waals surface area contributed by atoms with Gasteiger partial charge in [0.25, 0.3) is 5.91 Å². The molecule has 3 N–H and O–H groups in total. The van der Waals surface area contributed by atoms with Gasteiger partial charge in [0.1, 0.15) is 17.1 Å². The Morgan fingerprint density at radius 3 is 2.52 bits per heavy atom. The van der Waals surface area contributed by atoms with Crippen molar-refractivity contribution in [1.29, 1.82) is 0 Å². The molecule has 13 heteroatoms. The van der Waals surface area contributed by atoms with Crippen molar-refractivity contribution in [3.8, 4) is 29.2 Å². The molecule has 0 aliphatic heterocycles. The van der Waals surface area contributed by atoms with Gasteiger partial charge in [0.2, 0.25) is 0 Å². The smallest absolute Gasteiger partial charge is 0.434 e. The Kier molecular flexibility index (Phi) is 8.06. The standard InChI is InChI=1S/C29H23F5N6O2/c30-21-7-4-13-37-27(21)40-25(29(32,33)34)20(16-38-40)28(41)39-18-9-11-24(22(31)15-18)42-23-12-14-36-26(35)19(23)10-8-17-5-2-1-3-6-17/h4,7,9,11-17H,1-3,5-6H2,(H2,35,36)(H,39,41). The van der Waals surface area contributed by atoms with Crippen LogP contribution in [-0.2, 0) is 6.18 Å². The van der Waals surface area contributed by atoms with Crippen LogP contribution in [0.3, 0.4) is 0 Å². The summed E-state index contributed by atoms with van der Waals surface area (Å²) in [6, 6.07) is 6.89. The van der Waals surface area contributed by atoms with E-state index >= 15 is 4.39 Å². The molecule has 0 saturated heterocycles. The van der Waals surface area contributed by atoms with Crippen molar-refractivity contribution >= 4 is 17.4 Å². The number of ether oxygens (including phenoxy) is 1. The highest BCUT2D eigenvalue weighted by Crippen LogP contribution is 2.35. The van der Waals surface area contributed by atoms with Gasteiger partial charge in [-0.05, 0) is 37.1 Å². The van der Waals surface area contributed by atoms with E-state index in [0.29, 0.717) is 11.8 Å². The van der Waals surface area contributed by atoms with Crippen LogP contribution in [0.4, 0.5) is 33.5 Å². The van der Waals surface area contributed by atoms with Crippen molar-refractivity contribution in [3.63, 3.8) is 0 Å². The molecule has 4 aromatic rings. The van der Waals surface area contributed by atoms with Crippen molar-refractivity contribution in [2.75, 3.05) is 11.1 Å². The number of nitrogens with zero attached hydrogens (tertiary/aromatic N) is 4. The second-order valence-corrected chi connectivity index (χ2v) is 9.50. The van der Waals surface area contributed by atoms with Crippen molar-refractivity contribution in [2.24, 2.45) is 5.92 Å². The van der Waals surface area contributed by atoms with Crippen molar-refractivity contribution < 1.29 is 31.5 Å². The number of alkyl halides is 3. The van der Waals surface area contributed by atoms with E-state index < -0.39 is 40.8 Å². The summed E-state index contributed by atoms with van der Waals surface area (Å²) in [6.07, 6.45) is 3.34. The first-order valence-corrected chi connectivity index (χ1v) is 12.9. The number of aromatic nitrogens is 4. The zero-order chi connectivity index (χ0) is 29.9. The minimum Gasteiger partial charge on any atom is -0.453 e. The van der Waals surface area contributed by atoms with Gasteiger partial charge >= 0.3 is 6.18 Å². The van der Waals surface area contributed by atoms with Crippen LogP contribution < -0.4 is 15.8 Å². The van der Waals surface area contributed by atoms with E-state index in [1.54, 1.807) is 0 Å². The van der Waals surface area contributed by atoms with Crippen molar-refractivity contribution in [1.82, 2.24) is 19.7 Å². The van der Waals surface area contributed by atoms with Crippen LogP contribution in [0.15, 0.2) is 55.0 Å². The predicted molar refractivity (Wildman–Crippen MR) is 143 cm³/mol. The van der Waals surface area contributed by atoms with E-state index in [0.717, 1.165) is 44.0 Å². The Morgan fingerprint density at radius 2 is 1.81 bits per heavy atom. The molecular formula is C29H23F5N6O2. The summed E-state index contributed by atoms with van der Waals surface area (Å²) >= 11 is 0. The van der Waals surface area contributed by atoms with Crippen LogP contribution in [0.2, 0.25) is 0 Å². The Labute approximate surface area is 236 Å². The highest BCUT2D eigenvalue weighted by Gasteiger charge is 2.41. The summed E-state index contributed by atoms with van der Waals surface area (Å²) in [5.41, 5.74) is 3.69. The first-order chi connectivity index (χ1) is 20.1. The van der Waals surface area contributed by atoms with E-state index in [2.05, 4.69) is 32.2 Å². The van der Waals surface area contributed by atoms with Gasteiger partial charge < -0.3 is 15.8 Å². The fraction of sp³-hybridized carbons (Fsp3) is 0.241. The summed E-state index contributed by atoms with van der Waals surface area (Å²) in [7, 11) is 0. The monoisotopic (exact) mass is 582 g/mol. The summed E-state index contributed by atoms with van der Waals surface area (Å²) in [6.45, 7) is 0. The predicted octanol–water partition coefficient (Wildman–Crippen LogP) is 6.52. The number of benzene rings is 1. The summed E-state index contributed by atoms with van der Waals surface area (Å²) < 4.78 is 76.8. The van der Waals surface area contributed by atoms with Crippen molar-refractivity contribution in [3.05, 3.63) is 83.4 Å². The third-order valence-electron chi connectivity index (χ3n) is 6.58. The summed E-state index contributed by atoms with van der Waals surface area (Å²) in [5, 5.41) is 5.73. The third-order valence-corrected chi connectivity index (χ3v) is 6.58. The third kappa shape index (κ3) is 6.17. The topological polar surface area (TPSA) is 108 Å². The molecule has 0 radical (unpaired) electrons. The molecule has 0 spiro atoms. The van der Waals surface area contributed by atoms with Crippen LogP contribution in [-0.4, -0.2) is 25.7 Å². The number of hydrogen-bond donors (Lipinski definition) is 2. The number of halogens is 5. The number of anilines is 2. The Hall–Kier alpha value is -4.99. The number of hydrogen-bond acceptors (Lipinski definition) is 6. The van der Waals surface area contributed by atoms with E-state index in [1.165, 1.54) is 36.9 Å². The molecule has 0 atom stereocenters. The quantitative estimate of drug-likeness (QED) is 0.205. The normalized spacial score (nSPS) is 13.7. The number of amides is 1. The van der Waals surface area contributed by atoms with Gasteiger partial charge in [0, 0.05) is 36.1 Å². The lowest BCUT2D eigenvalue weighted by Crippen LogP contribution is -2.21. The van der Waals surface area contributed by atoms with Crippen LogP contribution in [0.1, 0.15) is 53.7 Å². The lowest BCUT2D eigenvalue weighted by molar-refractivity contribution is -0.143. The molecule has 216 valence electrons. The SMILES string of the molecule is Nc1nccc(Oc2ccc(NC(=O)c3cnn(-c4ncccc4F)c3C(F)(F)F)cc2F)c1C#CC1CCCCC1. The number of rotatable bonds is 5. The lowest BCUT2D eigenvalue weighted by atomic mass is 9.89. The second kappa shape index (κ2) is 11.9. The molecule has 3 heterocycles. The average Bonchev–Trinajstić information content (AvgIpc) is 3.41. The number of nitrogen functional groups attached to an aromatic ring is 1. The summed E-state index contributed by atoms with van der Waals surface area (Å²) in [4.78, 5) is 20.4. The van der Waals surface area contributed by atoms with Crippen LogP contribution >= 0.6 is 0 Å². The lowest BCUT2D eigenvalue weighted by Gasteiger charge is -2.16. The molecule has 1 fully saturated rings. The zero-order valence-electron chi connectivity index (χ0n) is 21.9. The maximum absolute atomic E-state index is 15.0. The van der Waals surface area contributed by atoms with Crippen LogP contribution in [0.5, 0.6) is 11.5 Å². The van der Waals surface area contributed by atoms with Gasteiger partial charge in [-0.15, -0.1) is 0 Å². The maximum atomic E-state index is 15.0. The molecule has 1 aromatic carbocycles. The first-order valence-electron chi connectivity index (χ1n) is 12.9. The highest BCUT2D eigenvalue weighted by atomic mass is 19.4. The zero-order valence-corrected chi connectivity index (χ0v) is 21.9. The Balaban J connectivity index is 1.37. The van der Waals surface area contributed by atoms with E-state index in [1.807, 2.05) is 0 Å². The van der Waals surface area contributed by atoms with Gasteiger partial charge in [-0.25, -0.2) is 23.4 Å². The van der Waals surface area contributed by atoms with Gasteiger partial charge in [0.15, 0.2) is 28.9 Å². The highest BCUT2D eigenvalue weighted by molar-refractivity contribution is 6.05. The Bertz CT molecular complexity index is 1690. The van der Waals surface area contributed by atoms with Crippen LogP contribution in [0.25, 0.3) is 5.82 Å². The first kappa shape index (κ1) is 28.5. The average molecular weight is 583 g/mol. The molecule has 1 aliphatic carbocycles. The molecule has 3 aromatic heterocycles. The number of carbonyl (C=O) groups is 1. The van der Waals surface area contributed by atoms with Gasteiger partial charge in [-0.1, -0.05) is 31.1 Å². The molecule has 5 rings (SSSR count). The van der Waals surface area contributed by atoms with E-state index in [9.17, 15) is 22.4 Å². The fourth-order valence-corrected chi connectivity index (χ4v) is 4.55. The molecular weight excluding hydrogens is 559 g/mol. The number of carbonyl (C=O) groups excluding carboxylic acids is 1. The van der Waals surface area contributed by atoms with Crippen molar-refractivity contribution in [2.45, 2.75) is 38.3 Å². The van der Waals surface area contributed by atoms with Gasteiger partial charge in [-0.3, -0.25) is 4.79 Å². The molecule has 0 unspecified atom stereocenters. The fourth-order valence-electron chi connectivity index (χ4n) is 4.55. The molecule has 1 amide bonds. The van der Waals surface area contributed by atoms with Gasteiger partial charge in [0.05, 0.1) is 11.8 Å². The molecule has 42 heavy (non-hydrogen) atoms. The largest absolute Gasteiger partial charge is 0.453 e. The van der Waals surface area contributed by atoms with Crippen LogP contribution in [0, 0.1) is 29.4 Å². The van der Waals surface area contributed by atoms with E-state index in [-0.39, 0.29) is 33.6 Å².